The molecule has 0 N–H and O–H groups in total. The van der Waals surface area contributed by atoms with Gasteiger partial charge in [-0.3, -0.25) is 0 Å². The Bertz CT molecular complexity index is 727. The topological polar surface area (TPSA) is 3.24 Å². The van der Waals surface area contributed by atoms with E-state index >= 15 is 0 Å². The number of benzene rings is 2. The van der Waals surface area contributed by atoms with E-state index in [0.29, 0.717) is 0 Å². The highest BCUT2D eigenvalue weighted by molar-refractivity contribution is 7.16. The molecule has 0 unspecified atom stereocenters. The molecule has 0 radical (unpaired) electrons. The Morgan fingerprint density at radius 1 is 0.783 bits per heavy atom. The minimum absolute atomic E-state index is 0.165. The van der Waals surface area contributed by atoms with Crippen molar-refractivity contribution in [3.8, 4) is 0 Å². The molecular formula is C21H23NS. The number of rotatable bonds is 3. The summed E-state index contributed by atoms with van der Waals surface area (Å²) >= 11 is 1.86. The highest BCUT2D eigenvalue weighted by Gasteiger charge is 2.22. The lowest BCUT2D eigenvalue weighted by molar-refractivity contribution is 0.589. The summed E-state index contributed by atoms with van der Waals surface area (Å²) in [6.45, 7) is 9.06. The number of aryl methyl sites for hydroxylation is 1. The van der Waals surface area contributed by atoms with E-state index < -0.39 is 0 Å². The fraction of sp³-hybridized carbons (Fsp3) is 0.238. The van der Waals surface area contributed by atoms with Crippen molar-refractivity contribution >= 4 is 27.7 Å². The SMILES string of the molecule is Cc1sc(N(c2ccccc2)c2ccccc2)cc1C(C)(C)C. The molecule has 23 heavy (non-hydrogen) atoms. The van der Waals surface area contributed by atoms with Crippen LogP contribution in [0.15, 0.2) is 66.7 Å². The van der Waals surface area contributed by atoms with Gasteiger partial charge in [-0.25, -0.2) is 0 Å². The lowest BCUT2D eigenvalue weighted by Crippen LogP contribution is -2.11. The van der Waals surface area contributed by atoms with Crippen LogP contribution >= 0.6 is 11.3 Å². The van der Waals surface area contributed by atoms with E-state index in [1.807, 2.05) is 11.3 Å². The summed E-state index contributed by atoms with van der Waals surface area (Å²) in [5.74, 6) is 0. The Balaban J connectivity index is 2.14. The van der Waals surface area contributed by atoms with Crippen molar-refractivity contribution < 1.29 is 0 Å². The summed E-state index contributed by atoms with van der Waals surface area (Å²) in [6.07, 6.45) is 0. The average molecular weight is 321 g/mol. The van der Waals surface area contributed by atoms with Crippen molar-refractivity contribution in [3.05, 3.63) is 77.2 Å². The van der Waals surface area contributed by atoms with Gasteiger partial charge in [0.15, 0.2) is 0 Å². The van der Waals surface area contributed by atoms with Gasteiger partial charge in [-0.2, -0.15) is 0 Å². The van der Waals surface area contributed by atoms with E-state index in [9.17, 15) is 0 Å². The summed E-state index contributed by atoms with van der Waals surface area (Å²) in [5, 5.41) is 1.27. The Morgan fingerprint density at radius 2 is 1.26 bits per heavy atom. The maximum atomic E-state index is 2.35. The Kier molecular flexibility index (Phi) is 4.27. The third-order valence-corrected chi connectivity index (χ3v) is 5.00. The quantitative estimate of drug-likeness (QED) is 0.511. The molecule has 3 rings (SSSR count). The number of anilines is 3. The van der Waals surface area contributed by atoms with Crippen molar-refractivity contribution in [2.45, 2.75) is 33.1 Å². The minimum atomic E-state index is 0.165. The first-order valence-corrected chi connectivity index (χ1v) is 8.79. The van der Waals surface area contributed by atoms with Crippen LogP contribution < -0.4 is 4.90 Å². The molecule has 0 spiro atoms. The van der Waals surface area contributed by atoms with Gasteiger partial charge < -0.3 is 4.90 Å². The summed E-state index contributed by atoms with van der Waals surface area (Å²) in [4.78, 5) is 3.73. The molecule has 2 aromatic carbocycles. The number of hydrogen-bond acceptors (Lipinski definition) is 2. The van der Waals surface area contributed by atoms with Gasteiger partial charge in [0.05, 0.1) is 0 Å². The van der Waals surface area contributed by atoms with E-state index in [1.165, 1.54) is 26.8 Å². The maximum absolute atomic E-state index is 2.35. The summed E-state index contributed by atoms with van der Waals surface area (Å²) in [7, 11) is 0. The fourth-order valence-corrected chi connectivity index (χ4v) is 4.15. The molecule has 0 fully saturated rings. The summed E-state index contributed by atoms with van der Waals surface area (Å²) in [6, 6.07) is 23.5. The second kappa shape index (κ2) is 6.21. The molecule has 1 aromatic heterocycles. The number of thiophene rings is 1. The average Bonchev–Trinajstić information content (AvgIpc) is 2.91. The molecule has 1 heterocycles. The van der Waals surface area contributed by atoms with Gasteiger partial charge >= 0.3 is 0 Å². The molecule has 0 aliphatic rings. The molecule has 1 nitrogen and oxygen atoms in total. The second-order valence-corrected chi connectivity index (χ2v) is 8.05. The molecule has 0 atom stereocenters. The molecule has 0 bridgehead atoms. The van der Waals surface area contributed by atoms with E-state index in [-0.39, 0.29) is 5.41 Å². The van der Waals surface area contributed by atoms with Crippen LogP contribution in [0.3, 0.4) is 0 Å². The van der Waals surface area contributed by atoms with Gasteiger partial charge in [-0.15, -0.1) is 11.3 Å². The largest absolute Gasteiger partial charge is 0.302 e. The van der Waals surface area contributed by atoms with Crippen LogP contribution in [0.1, 0.15) is 31.2 Å². The smallest absolute Gasteiger partial charge is 0.100 e. The third kappa shape index (κ3) is 3.32. The maximum Gasteiger partial charge on any atom is 0.100 e. The lowest BCUT2D eigenvalue weighted by Gasteiger charge is -2.23. The highest BCUT2D eigenvalue weighted by atomic mass is 32.1. The molecule has 0 saturated heterocycles. The van der Waals surface area contributed by atoms with Gasteiger partial charge in [0, 0.05) is 16.3 Å². The van der Waals surface area contributed by atoms with E-state index in [4.69, 9.17) is 0 Å². The van der Waals surface area contributed by atoms with Crippen molar-refractivity contribution in [1.82, 2.24) is 0 Å². The van der Waals surface area contributed by atoms with Gasteiger partial charge in [0.2, 0.25) is 0 Å². The van der Waals surface area contributed by atoms with Crippen LogP contribution in [-0.4, -0.2) is 0 Å². The molecule has 118 valence electrons. The number of para-hydroxylation sites is 2. The van der Waals surface area contributed by atoms with Gasteiger partial charge in [-0.1, -0.05) is 57.2 Å². The molecule has 0 aliphatic heterocycles. The van der Waals surface area contributed by atoms with Crippen molar-refractivity contribution in [1.29, 1.82) is 0 Å². The van der Waals surface area contributed by atoms with Gasteiger partial charge in [0.25, 0.3) is 0 Å². The first-order chi connectivity index (χ1) is 11.0. The van der Waals surface area contributed by atoms with Crippen LogP contribution in [0.5, 0.6) is 0 Å². The van der Waals surface area contributed by atoms with Gasteiger partial charge in [0.1, 0.15) is 5.00 Å². The zero-order valence-electron chi connectivity index (χ0n) is 14.2. The summed E-state index contributed by atoms with van der Waals surface area (Å²) in [5.41, 5.74) is 3.98. The van der Waals surface area contributed by atoms with E-state index in [1.54, 1.807) is 0 Å². The van der Waals surface area contributed by atoms with Crippen molar-refractivity contribution in [2.24, 2.45) is 0 Å². The Labute approximate surface area is 143 Å². The molecule has 0 aliphatic carbocycles. The predicted octanol–water partition coefficient (Wildman–Crippen LogP) is 6.82. The first kappa shape index (κ1) is 15.8. The van der Waals surface area contributed by atoms with Crippen LogP contribution in [0.4, 0.5) is 16.4 Å². The second-order valence-electron chi connectivity index (χ2n) is 6.81. The molecule has 3 aromatic rings. The van der Waals surface area contributed by atoms with E-state index in [2.05, 4.69) is 99.3 Å². The molecule has 0 saturated carbocycles. The van der Waals surface area contributed by atoms with E-state index in [0.717, 1.165) is 0 Å². The monoisotopic (exact) mass is 321 g/mol. The van der Waals surface area contributed by atoms with Crippen molar-refractivity contribution in [3.63, 3.8) is 0 Å². The normalized spacial score (nSPS) is 11.5. The highest BCUT2D eigenvalue weighted by Crippen LogP contribution is 2.42. The number of hydrogen-bond donors (Lipinski definition) is 0. The standard InChI is InChI=1S/C21H23NS/c1-16-19(21(2,3)4)15-20(23-16)22(17-11-7-5-8-12-17)18-13-9-6-10-14-18/h5-15H,1-4H3. The molecule has 0 amide bonds. The zero-order chi connectivity index (χ0) is 16.4. The van der Waals surface area contributed by atoms with Crippen molar-refractivity contribution in [2.75, 3.05) is 4.90 Å². The number of nitrogens with zero attached hydrogens (tertiary/aromatic N) is 1. The Morgan fingerprint density at radius 3 is 1.65 bits per heavy atom. The van der Waals surface area contributed by atoms with Gasteiger partial charge in [-0.05, 0) is 48.2 Å². The van der Waals surface area contributed by atoms with Crippen LogP contribution in [0.2, 0.25) is 0 Å². The van der Waals surface area contributed by atoms with Crippen LogP contribution in [0, 0.1) is 6.92 Å². The predicted molar refractivity (Wildman–Crippen MR) is 102 cm³/mol. The molecule has 2 heteroatoms. The Hall–Kier alpha value is -2.06. The first-order valence-electron chi connectivity index (χ1n) is 7.98. The zero-order valence-corrected chi connectivity index (χ0v) is 15.0. The minimum Gasteiger partial charge on any atom is -0.302 e. The van der Waals surface area contributed by atoms with Crippen LogP contribution in [-0.2, 0) is 5.41 Å². The fourth-order valence-electron chi connectivity index (χ4n) is 2.88. The third-order valence-electron chi connectivity index (χ3n) is 3.96. The summed E-state index contributed by atoms with van der Waals surface area (Å²) < 4.78 is 0. The van der Waals surface area contributed by atoms with Crippen LogP contribution in [0.25, 0.3) is 0 Å². The molecular weight excluding hydrogens is 298 g/mol. The lowest BCUT2D eigenvalue weighted by atomic mass is 9.87.